The molecular weight excluding hydrogens is 435 g/mol. The van der Waals surface area contributed by atoms with Crippen LogP contribution in [0.5, 0.6) is 5.75 Å². The number of rotatable bonds is 4. The molecule has 0 saturated heterocycles. The topological polar surface area (TPSA) is 33.4 Å². The highest BCUT2D eigenvalue weighted by Gasteiger charge is 2.24. The van der Waals surface area contributed by atoms with Gasteiger partial charge in [-0.3, -0.25) is 0 Å². The Morgan fingerprint density at radius 3 is 2.65 bits per heavy atom. The fourth-order valence-electron chi connectivity index (χ4n) is 3.78. The van der Waals surface area contributed by atoms with Gasteiger partial charge in [0.15, 0.2) is 0 Å². The second kappa shape index (κ2) is 6.95. The third kappa shape index (κ3) is 2.88. The van der Waals surface area contributed by atoms with E-state index >= 15 is 0 Å². The SMILES string of the molecule is CCC(C)C(c1ccc2c(I)c(O)ccc2c1)c1coc2ccccc12. The molecule has 132 valence electrons. The Balaban J connectivity index is 1.90. The van der Waals surface area contributed by atoms with Crippen LogP contribution in [0.25, 0.3) is 21.7 Å². The molecule has 0 aliphatic heterocycles. The van der Waals surface area contributed by atoms with Crippen molar-refractivity contribution in [2.24, 2.45) is 5.92 Å². The maximum Gasteiger partial charge on any atom is 0.134 e. The number of fused-ring (bicyclic) bond motifs is 2. The molecule has 0 aliphatic rings. The first-order chi connectivity index (χ1) is 12.6. The van der Waals surface area contributed by atoms with Crippen LogP contribution in [-0.4, -0.2) is 5.11 Å². The van der Waals surface area contributed by atoms with E-state index in [0.29, 0.717) is 11.7 Å². The van der Waals surface area contributed by atoms with Crippen LogP contribution < -0.4 is 0 Å². The van der Waals surface area contributed by atoms with Crippen LogP contribution in [0.4, 0.5) is 0 Å². The molecule has 0 amide bonds. The molecule has 0 fully saturated rings. The van der Waals surface area contributed by atoms with Gasteiger partial charge >= 0.3 is 0 Å². The van der Waals surface area contributed by atoms with Crippen LogP contribution >= 0.6 is 22.6 Å². The van der Waals surface area contributed by atoms with Gasteiger partial charge < -0.3 is 9.52 Å². The molecule has 2 unspecified atom stereocenters. The summed E-state index contributed by atoms with van der Waals surface area (Å²) in [4.78, 5) is 0. The van der Waals surface area contributed by atoms with Crippen molar-refractivity contribution in [2.45, 2.75) is 26.2 Å². The van der Waals surface area contributed by atoms with Gasteiger partial charge in [0.2, 0.25) is 0 Å². The maximum absolute atomic E-state index is 9.97. The highest BCUT2D eigenvalue weighted by atomic mass is 127. The molecule has 4 aromatic rings. The number of halogens is 1. The summed E-state index contributed by atoms with van der Waals surface area (Å²) < 4.78 is 6.74. The molecule has 1 heterocycles. The predicted octanol–water partition coefficient (Wildman–Crippen LogP) is 7.07. The van der Waals surface area contributed by atoms with Gasteiger partial charge in [-0.05, 0) is 57.0 Å². The van der Waals surface area contributed by atoms with Crippen molar-refractivity contribution in [3.05, 3.63) is 75.6 Å². The summed E-state index contributed by atoms with van der Waals surface area (Å²) in [6.45, 7) is 4.54. The lowest BCUT2D eigenvalue weighted by Gasteiger charge is -2.23. The number of aromatic hydroxyl groups is 1. The first-order valence-electron chi connectivity index (χ1n) is 8.97. The quantitative estimate of drug-likeness (QED) is 0.333. The lowest BCUT2D eigenvalue weighted by Crippen LogP contribution is -2.10. The fraction of sp³-hybridized carbons (Fsp3) is 0.217. The largest absolute Gasteiger partial charge is 0.507 e. The summed E-state index contributed by atoms with van der Waals surface area (Å²) in [7, 11) is 0. The zero-order chi connectivity index (χ0) is 18.3. The molecule has 4 rings (SSSR count). The summed E-state index contributed by atoms with van der Waals surface area (Å²) in [5, 5.41) is 13.4. The van der Waals surface area contributed by atoms with E-state index in [-0.39, 0.29) is 5.92 Å². The molecule has 2 atom stereocenters. The van der Waals surface area contributed by atoms with E-state index in [0.717, 1.165) is 26.3 Å². The normalized spacial score (nSPS) is 14.0. The number of phenols is 1. The molecule has 26 heavy (non-hydrogen) atoms. The van der Waals surface area contributed by atoms with Gasteiger partial charge in [0, 0.05) is 16.9 Å². The van der Waals surface area contributed by atoms with E-state index in [2.05, 4.69) is 66.8 Å². The Bertz CT molecular complexity index is 1080. The zero-order valence-electron chi connectivity index (χ0n) is 14.9. The summed E-state index contributed by atoms with van der Waals surface area (Å²) in [5.74, 6) is 1.11. The van der Waals surface area contributed by atoms with Crippen LogP contribution in [0.1, 0.15) is 37.3 Å². The molecule has 0 radical (unpaired) electrons. The van der Waals surface area contributed by atoms with E-state index in [1.165, 1.54) is 16.5 Å². The lowest BCUT2D eigenvalue weighted by atomic mass is 9.80. The minimum atomic E-state index is 0.277. The number of hydrogen-bond donors (Lipinski definition) is 1. The molecule has 3 aromatic carbocycles. The monoisotopic (exact) mass is 456 g/mol. The van der Waals surface area contributed by atoms with Crippen LogP contribution in [0.2, 0.25) is 0 Å². The average molecular weight is 456 g/mol. The first-order valence-corrected chi connectivity index (χ1v) is 10.0. The Morgan fingerprint density at radius 1 is 1.04 bits per heavy atom. The minimum absolute atomic E-state index is 0.277. The number of hydrogen-bond acceptors (Lipinski definition) is 2. The smallest absolute Gasteiger partial charge is 0.134 e. The van der Waals surface area contributed by atoms with Gasteiger partial charge in [-0.2, -0.15) is 0 Å². The Morgan fingerprint density at radius 2 is 1.85 bits per heavy atom. The highest BCUT2D eigenvalue weighted by Crippen LogP contribution is 2.40. The summed E-state index contributed by atoms with van der Waals surface area (Å²) in [5.41, 5.74) is 3.48. The summed E-state index contributed by atoms with van der Waals surface area (Å²) in [6, 6.07) is 18.6. The number of phenolic OH excluding ortho intramolecular Hbond substituents is 1. The van der Waals surface area contributed by atoms with Crippen LogP contribution in [0.3, 0.4) is 0 Å². The number of furan rings is 1. The summed E-state index contributed by atoms with van der Waals surface area (Å²) >= 11 is 2.21. The molecule has 0 bridgehead atoms. The van der Waals surface area contributed by atoms with Crippen molar-refractivity contribution >= 4 is 44.3 Å². The summed E-state index contributed by atoms with van der Waals surface area (Å²) in [6.07, 6.45) is 3.02. The van der Waals surface area contributed by atoms with Gasteiger partial charge in [0.05, 0.1) is 9.83 Å². The van der Waals surface area contributed by atoms with E-state index in [4.69, 9.17) is 4.42 Å². The molecular formula is C23H21IO2. The number of para-hydroxylation sites is 1. The van der Waals surface area contributed by atoms with E-state index in [1.807, 2.05) is 24.5 Å². The number of benzene rings is 3. The first kappa shape index (κ1) is 17.4. The lowest BCUT2D eigenvalue weighted by molar-refractivity contribution is 0.472. The van der Waals surface area contributed by atoms with E-state index < -0.39 is 0 Å². The van der Waals surface area contributed by atoms with Crippen LogP contribution in [-0.2, 0) is 0 Å². The van der Waals surface area contributed by atoms with Crippen molar-refractivity contribution in [3.8, 4) is 5.75 Å². The second-order valence-electron chi connectivity index (χ2n) is 6.93. The predicted molar refractivity (Wildman–Crippen MR) is 116 cm³/mol. The van der Waals surface area contributed by atoms with Crippen molar-refractivity contribution in [1.82, 2.24) is 0 Å². The molecule has 0 aliphatic carbocycles. The third-order valence-corrected chi connectivity index (χ3v) is 6.51. The van der Waals surface area contributed by atoms with E-state index in [1.54, 1.807) is 6.07 Å². The van der Waals surface area contributed by atoms with Crippen LogP contribution in [0, 0.1) is 9.49 Å². The molecule has 0 saturated carbocycles. The fourth-order valence-corrected chi connectivity index (χ4v) is 4.45. The highest BCUT2D eigenvalue weighted by molar-refractivity contribution is 14.1. The Hall–Kier alpha value is -2.01. The van der Waals surface area contributed by atoms with Gasteiger partial charge in [0.25, 0.3) is 0 Å². The third-order valence-electron chi connectivity index (χ3n) is 5.38. The minimum Gasteiger partial charge on any atom is -0.507 e. The molecule has 2 nitrogen and oxygen atoms in total. The van der Waals surface area contributed by atoms with Crippen molar-refractivity contribution < 1.29 is 9.52 Å². The standard InChI is InChI=1S/C23H21IO2/c1-3-14(2)22(19-13-26-21-7-5-4-6-18(19)21)16-8-10-17-15(12-16)9-11-20(25)23(17)24/h4-14,22,25H,3H2,1-2H3. The Labute approximate surface area is 167 Å². The molecule has 0 spiro atoms. The second-order valence-corrected chi connectivity index (χ2v) is 8.01. The Kier molecular flexibility index (Phi) is 4.65. The van der Waals surface area contributed by atoms with E-state index in [9.17, 15) is 5.11 Å². The van der Waals surface area contributed by atoms with Crippen LogP contribution in [0.15, 0.2) is 65.3 Å². The van der Waals surface area contributed by atoms with Crippen molar-refractivity contribution in [3.63, 3.8) is 0 Å². The molecule has 3 heteroatoms. The van der Waals surface area contributed by atoms with Crippen molar-refractivity contribution in [2.75, 3.05) is 0 Å². The van der Waals surface area contributed by atoms with Gasteiger partial charge in [-0.15, -0.1) is 0 Å². The van der Waals surface area contributed by atoms with Gasteiger partial charge in [0.1, 0.15) is 11.3 Å². The average Bonchev–Trinajstić information content (AvgIpc) is 3.09. The zero-order valence-corrected chi connectivity index (χ0v) is 17.0. The molecule has 1 N–H and O–H groups in total. The van der Waals surface area contributed by atoms with Crippen molar-refractivity contribution in [1.29, 1.82) is 0 Å². The molecule has 1 aromatic heterocycles. The van der Waals surface area contributed by atoms with Gasteiger partial charge in [-0.1, -0.05) is 62.7 Å². The maximum atomic E-state index is 9.97. The van der Waals surface area contributed by atoms with Gasteiger partial charge in [-0.25, -0.2) is 0 Å².